The van der Waals surface area contributed by atoms with E-state index in [1.165, 1.54) is 16.0 Å². The predicted octanol–water partition coefficient (Wildman–Crippen LogP) is 0.983. The first-order valence-electron chi connectivity index (χ1n) is 5.30. The smallest absolute Gasteiger partial charge is 0.285 e. The fraction of sp³-hybridized carbons (Fsp3) is 0.364. The highest BCUT2D eigenvalue weighted by Gasteiger charge is 2.09. The van der Waals surface area contributed by atoms with Gasteiger partial charge in [0.2, 0.25) is 5.91 Å². The van der Waals surface area contributed by atoms with E-state index in [4.69, 9.17) is 0 Å². The summed E-state index contributed by atoms with van der Waals surface area (Å²) in [7, 11) is 0. The first-order chi connectivity index (χ1) is 8.08. The summed E-state index contributed by atoms with van der Waals surface area (Å²) in [6, 6.07) is 1.90. The molecule has 17 heavy (non-hydrogen) atoms. The molecule has 2 aromatic rings. The summed E-state index contributed by atoms with van der Waals surface area (Å²) in [5, 5.41) is 9.36. The SMILES string of the molecule is CC(C)NC(=O)Cn1ncc2ccsc2c1=O. The van der Waals surface area contributed by atoms with Crippen LogP contribution in [0.3, 0.4) is 0 Å². The van der Waals surface area contributed by atoms with Crippen molar-refractivity contribution >= 4 is 27.3 Å². The van der Waals surface area contributed by atoms with Crippen LogP contribution in [-0.4, -0.2) is 21.7 Å². The first-order valence-corrected chi connectivity index (χ1v) is 6.18. The van der Waals surface area contributed by atoms with Gasteiger partial charge in [0.15, 0.2) is 0 Å². The number of fused-ring (bicyclic) bond motifs is 1. The second-order valence-electron chi connectivity index (χ2n) is 4.03. The van der Waals surface area contributed by atoms with Gasteiger partial charge in [-0.05, 0) is 25.3 Å². The van der Waals surface area contributed by atoms with Crippen molar-refractivity contribution in [1.82, 2.24) is 15.1 Å². The minimum absolute atomic E-state index is 0.0369. The molecule has 0 aliphatic carbocycles. The number of nitrogens with zero attached hydrogens (tertiary/aromatic N) is 2. The molecule has 0 bridgehead atoms. The molecule has 1 amide bonds. The molecule has 2 heterocycles. The van der Waals surface area contributed by atoms with Gasteiger partial charge in [-0.2, -0.15) is 5.10 Å². The maximum Gasteiger partial charge on any atom is 0.285 e. The predicted molar refractivity (Wildman–Crippen MR) is 67.2 cm³/mol. The number of thiophene rings is 1. The van der Waals surface area contributed by atoms with Crippen molar-refractivity contribution in [3.63, 3.8) is 0 Å². The molecule has 0 saturated carbocycles. The van der Waals surface area contributed by atoms with Crippen molar-refractivity contribution in [2.24, 2.45) is 0 Å². The van der Waals surface area contributed by atoms with E-state index < -0.39 is 0 Å². The quantitative estimate of drug-likeness (QED) is 0.884. The van der Waals surface area contributed by atoms with Crippen LogP contribution in [0.25, 0.3) is 10.1 Å². The number of rotatable bonds is 3. The molecule has 0 radical (unpaired) electrons. The average molecular weight is 251 g/mol. The van der Waals surface area contributed by atoms with E-state index in [2.05, 4.69) is 10.4 Å². The van der Waals surface area contributed by atoms with Crippen LogP contribution in [0, 0.1) is 0 Å². The second kappa shape index (κ2) is 4.67. The van der Waals surface area contributed by atoms with Gasteiger partial charge in [0.1, 0.15) is 11.2 Å². The van der Waals surface area contributed by atoms with Crippen LogP contribution in [-0.2, 0) is 11.3 Å². The zero-order valence-electron chi connectivity index (χ0n) is 9.64. The molecule has 2 aromatic heterocycles. The highest BCUT2D eigenvalue weighted by Crippen LogP contribution is 2.14. The molecule has 0 saturated heterocycles. The van der Waals surface area contributed by atoms with Crippen molar-refractivity contribution in [2.75, 3.05) is 0 Å². The number of hydrogen-bond acceptors (Lipinski definition) is 4. The van der Waals surface area contributed by atoms with Crippen LogP contribution in [0.2, 0.25) is 0 Å². The van der Waals surface area contributed by atoms with E-state index in [1.807, 2.05) is 25.3 Å². The lowest BCUT2D eigenvalue weighted by atomic mass is 10.4. The maximum atomic E-state index is 11.9. The fourth-order valence-corrected chi connectivity index (χ4v) is 2.33. The van der Waals surface area contributed by atoms with E-state index in [0.717, 1.165) is 5.39 Å². The third-order valence-corrected chi connectivity index (χ3v) is 3.12. The van der Waals surface area contributed by atoms with E-state index in [9.17, 15) is 9.59 Å². The third-order valence-electron chi connectivity index (χ3n) is 2.20. The first kappa shape index (κ1) is 11.8. The molecule has 0 atom stereocenters. The van der Waals surface area contributed by atoms with Gasteiger partial charge in [-0.25, -0.2) is 4.68 Å². The zero-order chi connectivity index (χ0) is 12.4. The number of carbonyl (C=O) groups is 1. The van der Waals surface area contributed by atoms with Gasteiger partial charge in [-0.15, -0.1) is 11.3 Å². The van der Waals surface area contributed by atoms with Crippen LogP contribution in [0.4, 0.5) is 0 Å². The van der Waals surface area contributed by atoms with Crippen LogP contribution >= 0.6 is 11.3 Å². The molecule has 5 nitrogen and oxygen atoms in total. The van der Waals surface area contributed by atoms with E-state index in [-0.39, 0.29) is 24.1 Å². The van der Waals surface area contributed by atoms with Crippen LogP contribution < -0.4 is 10.9 Å². The number of carbonyl (C=O) groups excluding carboxylic acids is 1. The molecule has 2 rings (SSSR count). The molecule has 0 aromatic carbocycles. The van der Waals surface area contributed by atoms with Gasteiger partial charge in [0, 0.05) is 11.4 Å². The normalized spacial score (nSPS) is 11.0. The van der Waals surface area contributed by atoms with Crippen LogP contribution in [0.5, 0.6) is 0 Å². The molecular weight excluding hydrogens is 238 g/mol. The van der Waals surface area contributed by atoms with Crippen molar-refractivity contribution < 1.29 is 4.79 Å². The Hall–Kier alpha value is -1.69. The maximum absolute atomic E-state index is 11.9. The zero-order valence-corrected chi connectivity index (χ0v) is 10.5. The largest absolute Gasteiger partial charge is 0.352 e. The van der Waals surface area contributed by atoms with E-state index >= 15 is 0 Å². The minimum Gasteiger partial charge on any atom is -0.352 e. The Kier molecular flexibility index (Phi) is 3.23. The summed E-state index contributed by atoms with van der Waals surface area (Å²) >= 11 is 1.36. The number of aromatic nitrogens is 2. The standard InChI is InChI=1S/C11H13N3O2S/c1-7(2)13-9(15)6-14-11(16)10-8(5-12-14)3-4-17-10/h3-5,7H,6H2,1-2H3,(H,13,15). The highest BCUT2D eigenvalue weighted by molar-refractivity contribution is 7.17. The van der Waals surface area contributed by atoms with Gasteiger partial charge < -0.3 is 5.32 Å². The summed E-state index contributed by atoms with van der Waals surface area (Å²) in [6.07, 6.45) is 1.61. The Morgan fingerprint density at radius 1 is 1.59 bits per heavy atom. The molecule has 6 heteroatoms. The van der Waals surface area contributed by atoms with Gasteiger partial charge in [0.05, 0.1) is 6.20 Å². The lowest BCUT2D eigenvalue weighted by Gasteiger charge is -2.08. The van der Waals surface area contributed by atoms with Crippen molar-refractivity contribution in [1.29, 1.82) is 0 Å². The van der Waals surface area contributed by atoms with Gasteiger partial charge in [0.25, 0.3) is 5.56 Å². The summed E-state index contributed by atoms with van der Waals surface area (Å²) in [4.78, 5) is 23.5. The van der Waals surface area contributed by atoms with Gasteiger partial charge in [-0.1, -0.05) is 0 Å². The molecule has 0 aliphatic heterocycles. The summed E-state index contributed by atoms with van der Waals surface area (Å²) in [5.74, 6) is -0.203. The molecule has 90 valence electrons. The lowest BCUT2D eigenvalue weighted by molar-refractivity contribution is -0.122. The second-order valence-corrected chi connectivity index (χ2v) is 4.95. The fourth-order valence-electron chi connectivity index (χ4n) is 1.51. The Bertz CT molecular complexity index is 600. The number of nitrogens with one attached hydrogen (secondary N) is 1. The molecule has 1 N–H and O–H groups in total. The molecule has 0 fully saturated rings. The Balaban J connectivity index is 2.27. The van der Waals surface area contributed by atoms with Crippen LogP contribution in [0.15, 0.2) is 22.4 Å². The topological polar surface area (TPSA) is 64.0 Å². The van der Waals surface area contributed by atoms with Gasteiger partial charge >= 0.3 is 0 Å². The van der Waals surface area contributed by atoms with E-state index in [1.54, 1.807) is 6.20 Å². The third kappa shape index (κ3) is 2.52. The Morgan fingerprint density at radius 2 is 2.35 bits per heavy atom. The lowest BCUT2D eigenvalue weighted by Crippen LogP contribution is -2.36. The summed E-state index contributed by atoms with van der Waals surface area (Å²) in [6.45, 7) is 3.71. The molecule has 0 aliphatic rings. The molecule has 0 unspecified atom stereocenters. The number of hydrogen-bond donors (Lipinski definition) is 1. The minimum atomic E-state index is -0.212. The Morgan fingerprint density at radius 3 is 3.06 bits per heavy atom. The summed E-state index contributed by atoms with van der Waals surface area (Å²) in [5.41, 5.74) is -0.212. The van der Waals surface area contributed by atoms with Crippen molar-refractivity contribution in [3.05, 3.63) is 28.0 Å². The average Bonchev–Trinajstić information content (AvgIpc) is 2.69. The van der Waals surface area contributed by atoms with Crippen LogP contribution in [0.1, 0.15) is 13.8 Å². The van der Waals surface area contributed by atoms with Gasteiger partial charge in [-0.3, -0.25) is 9.59 Å². The highest BCUT2D eigenvalue weighted by atomic mass is 32.1. The van der Waals surface area contributed by atoms with Crippen molar-refractivity contribution in [3.8, 4) is 0 Å². The Labute approximate surface area is 102 Å². The van der Waals surface area contributed by atoms with E-state index in [0.29, 0.717) is 4.70 Å². The molecule has 0 spiro atoms. The van der Waals surface area contributed by atoms with Crippen molar-refractivity contribution in [2.45, 2.75) is 26.4 Å². The monoisotopic (exact) mass is 251 g/mol. The number of amides is 1. The molecular formula is C11H13N3O2S. The summed E-state index contributed by atoms with van der Waals surface area (Å²) < 4.78 is 1.83.